The van der Waals surface area contributed by atoms with E-state index in [0.717, 1.165) is 11.0 Å². The molecule has 0 N–H and O–H groups in total. The number of halogens is 1. The standard InChI is InChI=1S/C7H7N3S.BrH.Mg/c11-5-10-7-4-2-1-3-6(7)8-9-10;;/h1-4,11H,5H2;1H;/q;;+2/p-2. The molecule has 2 rings (SSSR count). The van der Waals surface area contributed by atoms with Crippen LogP contribution in [0.4, 0.5) is 0 Å². The Kier molecular flexibility index (Phi) is 5.94. The molecule has 1 aromatic heterocycles. The molecule has 0 saturated carbocycles. The van der Waals surface area contributed by atoms with Gasteiger partial charge < -0.3 is 29.6 Å². The van der Waals surface area contributed by atoms with E-state index in [-0.39, 0.29) is 40.0 Å². The normalized spacial score (nSPS) is 9.00. The fourth-order valence-electron chi connectivity index (χ4n) is 1.01. The Labute approximate surface area is 108 Å². The molecule has 3 nitrogen and oxygen atoms in total. The zero-order chi connectivity index (χ0) is 7.68. The largest absolute Gasteiger partial charge is 2.00 e. The molecular weight excluding hydrogens is 262 g/mol. The SMILES string of the molecule is [Br-].[Mg+2].[S-]Cn1nnc2ccccc21. The summed E-state index contributed by atoms with van der Waals surface area (Å²) in [5, 5.41) is 7.81. The minimum Gasteiger partial charge on any atom is -1.00 e. The molecule has 1 heterocycles. The first-order valence-corrected chi connectivity index (χ1v) is 3.86. The molecule has 0 amide bonds. The minimum atomic E-state index is 0. The molecule has 1 aromatic carbocycles. The van der Waals surface area contributed by atoms with E-state index in [2.05, 4.69) is 10.3 Å². The molecule has 6 heteroatoms. The van der Waals surface area contributed by atoms with Crippen molar-refractivity contribution in [3.63, 3.8) is 0 Å². The van der Waals surface area contributed by atoms with Crippen molar-refractivity contribution >= 4 is 46.7 Å². The van der Waals surface area contributed by atoms with Gasteiger partial charge in [-0.05, 0) is 12.1 Å². The summed E-state index contributed by atoms with van der Waals surface area (Å²) >= 11 is 4.86. The van der Waals surface area contributed by atoms with Gasteiger partial charge in [-0.3, -0.25) is 4.68 Å². The molecule has 0 unspecified atom stereocenters. The molecule has 64 valence electrons. The van der Waals surface area contributed by atoms with Gasteiger partial charge in [-0.2, -0.15) is 0 Å². The molecule has 0 aliphatic heterocycles. The molecule has 0 aliphatic rings. The molecule has 0 saturated heterocycles. The van der Waals surface area contributed by atoms with E-state index in [1.807, 2.05) is 24.3 Å². The number of nitrogens with zero attached hydrogens (tertiary/aromatic N) is 3. The van der Waals surface area contributed by atoms with Crippen LogP contribution in [-0.2, 0) is 18.5 Å². The minimum absolute atomic E-state index is 0. The van der Waals surface area contributed by atoms with Crippen LogP contribution in [0.1, 0.15) is 0 Å². The van der Waals surface area contributed by atoms with Crippen molar-refractivity contribution in [1.82, 2.24) is 15.0 Å². The molecule has 13 heavy (non-hydrogen) atoms. The molecule has 0 bridgehead atoms. The second-order valence-electron chi connectivity index (χ2n) is 2.21. The molecular formula is C7H6BrMgN3S. The number of hydrogen-bond acceptors (Lipinski definition) is 3. The molecule has 0 fully saturated rings. The summed E-state index contributed by atoms with van der Waals surface area (Å²) in [5.74, 6) is 0.459. The maximum absolute atomic E-state index is 4.86. The summed E-state index contributed by atoms with van der Waals surface area (Å²) < 4.78 is 1.70. The van der Waals surface area contributed by atoms with Gasteiger partial charge in [-0.15, -0.1) is 5.10 Å². The number of hydrogen-bond donors (Lipinski definition) is 0. The fraction of sp³-hybridized carbons (Fsp3) is 0.143. The van der Waals surface area contributed by atoms with Crippen LogP contribution in [0.25, 0.3) is 11.0 Å². The van der Waals surface area contributed by atoms with Crippen molar-refractivity contribution in [2.75, 3.05) is 0 Å². The molecule has 2 aromatic rings. The summed E-state index contributed by atoms with van der Waals surface area (Å²) in [7, 11) is 0. The third-order valence-electron chi connectivity index (χ3n) is 1.54. The monoisotopic (exact) mass is 267 g/mol. The van der Waals surface area contributed by atoms with Crippen molar-refractivity contribution in [3.8, 4) is 0 Å². The average molecular weight is 268 g/mol. The molecule has 0 atom stereocenters. The van der Waals surface area contributed by atoms with E-state index in [9.17, 15) is 0 Å². The van der Waals surface area contributed by atoms with Gasteiger partial charge in [0.05, 0.1) is 5.52 Å². The Balaban J connectivity index is 0.000000720. The number of benzene rings is 1. The second-order valence-corrected chi connectivity index (χ2v) is 2.46. The third-order valence-corrected chi connectivity index (χ3v) is 1.79. The van der Waals surface area contributed by atoms with Crippen LogP contribution in [0.3, 0.4) is 0 Å². The summed E-state index contributed by atoms with van der Waals surface area (Å²) in [6.07, 6.45) is 0. The third kappa shape index (κ3) is 2.58. The Morgan fingerprint density at radius 1 is 1.31 bits per heavy atom. The maximum atomic E-state index is 4.86. The van der Waals surface area contributed by atoms with Crippen LogP contribution in [0, 0.1) is 0 Å². The predicted molar refractivity (Wildman–Crippen MR) is 50.6 cm³/mol. The molecule has 0 spiro atoms. The number of aromatic nitrogens is 3. The first kappa shape index (κ1) is 13.2. The van der Waals surface area contributed by atoms with E-state index in [4.69, 9.17) is 12.6 Å². The first-order chi connectivity index (χ1) is 5.42. The maximum Gasteiger partial charge on any atom is 2.00 e. The number of para-hydroxylation sites is 1. The van der Waals surface area contributed by atoms with Gasteiger partial charge in [0, 0.05) is 0 Å². The van der Waals surface area contributed by atoms with Gasteiger partial charge in [-0.1, -0.05) is 23.2 Å². The molecule has 0 aliphatic carbocycles. The zero-order valence-electron chi connectivity index (χ0n) is 6.85. The van der Waals surface area contributed by atoms with E-state index in [0.29, 0.717) is 5.88 Å². The van der Waals surface area contributed by atoms with Crippen LogP contribution >= 0.6 is 0 Å². The van der Waals surface area contributed by atoms with Crippen LogP contribution in [0.2, 0.25) is 0 Å². The van der Waals surface area contributed by atoms with E-state index in [1.54, 1.807) is 4.68 Å². The predicted octanol–water partition coefficient (Wildman–Crippen LogP) is -2.44. The van der Waals surface area contributed by atoms with Crippen molar-refractivity contribution in [3.05, 3.63) is 24.3 Å². The van der Waals surface area contributed by atoms with Gasteiger partial charge >= 0.3 is 23.1 Å². The number of fused-ring (bicyclic) bond motifs is 1. The quantitative estimate of drug-likeness (QED) is 0.425. The van der Waals surface area contributed by atoms with Gasteiger partial charge in [0.25, 0.3) is 0 Å². The topological polar surface area (TPSA) is 30.7 Å². The zero-order valence-corrected chi connectivity index (χ0v) is 10.7. The van der Waals surface area contributed by atoms with Crippen LogP contribution in [0.15, 0.2) is 24.3 Å². The average Bonchev–Trinajstić information content (AvgIpc) is 2.47. The summed E-state index contributed by atoms with van der Waals surface area (Å²) in [6, 6.07) is 7.77. The van der Waals surface area contributed by atoms with Crippen molar-refractivity contribution in [2.45, 2.75) is 5.88 Å². The van der Waals surface area contributed by atoms with E-state index >= 15 is 0 Å². The van der Waals surface area contributed by atoms with Gasteiger partial charge in [0.15, 0.2) is 0 Å². The Morgan fingerprint density at radius 2 is 2.00 bits per heavy atom. The first-order valence-electron chi connectivity index (χ1n) is 3.28. The van der Waals surface area contributed by atoms with Crippen molar-refractivity contribution in [2.24, 2.45) is 0 Å². The Bertz CT molecular complexity index is 379. The fourth-order valence-corrected chi connectivity index (χ4v) is 1.20. The number of rotatable bonds is 1. The van der Waals surface area contributed by atoms with E-state index < -0.39 is 0 Å². The van der Waals surface area contributed by atoms with Crippen LogP contribution in [0.5, 0.6) is 0 Å². The van der Waals surface area contributed by atoms with Crippen molar-refractivity contribution < 1.29 is 17.0 Å². The van der Waals surface area contributed by atoms with Crippen LogP contribution in [-0.4, -0.2) is 38.0 Å². The van der Waals surface area contributed by atoms with Gasteiger partial charge in [0.2, 0.25) is 0 Å². The van der Waals surface area contributed by atoms with Gasteiger partial charge in [-0.25, -0.2) is 0 Å². The van der Waals surface area contributed by atoms with Gasteiger partial charge in [0.1, 0.15) is 5.52 Å². The van der Waals surface area contributed by atoms with Crippen LogP contribution < -0.4 is 17.0 Å². The Morgan fingerprint density at radius 3 is 2.69 bits per heavy atom. The summed E-state index contributed by atoms with van der Waals surface area (Å²) in [6.45, 7) is 0. The Hall–Kier alpha value is 0.216. The molecule has 0 radical (unpaired) electrons. The smallest absolute Gasteiger partial charge is 1.00 e. The summed E-state index contributed by atoms with van der Waals surface area (Å²) in [5.41, 5.74) is 1.90. The second kappa shape index (κ2) is 5.84. The summed E-state index contributed by atoms with van der Waals surface area (Å²) in [4.78, 5) is 0. The van der Waals surface area contributed by atoms with Crippen molar-refractivity contribution in [1.29, 1.82) is 0 Å². The van der Waals surface area contributed by atoms with E-state index in [1.165, 1.54) is 0 Å².